The number of nitrogens with zero attached hydrogens (tertiary/aromatic N) is 1. The summed E-state index contributed by atoms with van der Waals surface area (Å²) in [6.45, 7) is 8.63. The van der Waals surface area contributed by atoms with E-state index in [1.54, 1.807) is 0 Å². The molecule has 0 aliphatic rings. The van der Waals surface area contributed by atoms with Crippen LogP contribution in [0.5, 0.6) is 0 Å². The summed E-state index contributed by atoms with van der Waals surface area (Å²) < 4.78 is 1.11. The van der Waals surface area contributed by atoms with Gasteiger partial charge < -0.3 is 10.2 Å². The number of halogens is 1. The summed E-state index contributed by atoms with van der Waals surface area (Å²) in [7, 11) is 0. The van der Waals surface area contributed by atoms with Gasteiger partial charge in [-0.15, -0.1) is 0 Å². The van der Waals surface area contributed by atoms with Crippen molar-refractivity contribution in [3.63, 3.8) is 0 Å². The number of nitrogens with one attached hydrogen (secondary N) is 1. The Morgan fingerprint density at radius 3 is 2.05 bits per heavy atom. The number of hydrogen-bond donors (Lipinski definition) is 1. The summed E-state index contributed by atoms with van der Waals surface area (Å²) in [5.41, 5.74) is 3.72. The third kappa shape index (κ3) is 4.24. The van der Waals surface area contributed by atoms with Crippen molar-refractivity contribution < 1.29 is 0 Å². The van der Waals surface area contributed by atoms with Crippen molar-refractivity contribution in [2.45, 2.75) is 26.8 Å². The summed E-state index contributed by atoms with van der Waals surface area (Å²) in [6, 6.07) is 17.4. The lowest BCUT2D eigenvalue weighted by molar-refractivity contribution is 0.864. The Kier molecular flexibility index (Phi) is 5.68. The number of anilines is 2. The van der Waals surface area contributed by atoms with Gasteiger partial charge in [0.1, 0.15) is 0 Å². The van der Waals surface area contributed by atoms with E-state index in [1.807, 2.05) is 0 Å². The molecular formula is C18H23BrN2. The second-order valence-corrected chi connectivity index (χ2v) is 6.05. The highest BCUT2D eigenvalue weighted by molar-refractivity contribution is 9.10. The molecule has 2 aromatic rings. The fourth-order valence-electron chi connectivity index (χ4n) is 2.44. The molecule has 1 unspecified atom stereocenters. The van der Waals surface area contributed by atoms with E-state index in [2.05, 4.69) is 95.4 Å². The SMILES string of the molecule is CCN(CC)c1ccc(NC(C)c2ccc(Br)cc2)cc1. The Bertz CT molecular complexity index is 544. The minimum atomic E-state index is 0.289. The first-order valence-corrected chi connectivity index (χ1v) is 8.30. The fourth-order valence-corrected chi connectivity index (χ4v) is 2.71. The molecule has 3 heteroatoms. The highest BCUT2D eigenvalue weighted by atomic mass is 79.9. The van der Waals surface area contributed by atoms with Crippen LogP contribution >= 0.6 is 15.9 Å². The van der Waals surface area contributed by atoms with E-state index in [-0.39, 0.29) is 6.04 Å². The molecule has 1 atom stereocenters. The van der Waals surface area contributed by atoms with Crippen LogP contribution in [0.4, 0.5) is 11.4 Å². The molecule has 21 heavy (non-hydrogen) atoms. The first-order chi connectivity index (χ1) is 10.1. The van der Waals surface area contributed by atoms with Crippen LogP contribution in [-0.4, -0.2) is 13.1 Å². The maximum Gasteiger partial charge on any atom is 0.0485 e. The van der Waals surface area contributed by atoms with Crippen LogP contribution in [0.1, 0.15) is 32.4 Å². The molecule has 0 bridgehead atoms. The van der Waals surface area contributed by atoms with E-state index >= 15 is 0 Å². The van der Waals surface area contributed by atoms with Crippen molar-refractivity contribution in [3.05, 3.63) is 58.6 Å². The molecule has 2 aromatic carbocycles. The molecule has 2 rings (SSSR count). The van der Waals surface area contributed by atoms with Crippen LogP contribution in [0.3, 0.4) is 0 Å². The Hall–Kier alpha value is -1.48. The van der Waals surface area contributed by atoms with Crippen molar-refractivity contribution in [2.24, 2.45) is 0 Å². The van der Waals surface area contributed by atoms with Crippen molar-refractivity contribution >= 4 is 27.3 Å². The first kappa shape index (κ1) is 15.9. The number of benzene rings is 2. The summed E-state index contributed by atoms with van der Waals surface area (Å²) >= 11 is 3.47. The van der Waals surface area contributed by atoms with Crippen molar-refractivity contribution in [3.8, 4) is 0 Å². The van der Waals surface area contributed by atoms with Gasteiger partial charge in [-0.25, -0.2) is 0 Å². The van der Waals surface area contributed by atoms with Crippen LogP contribution in [0.15, 0.2) is 53.0 Å². The quantitative estimate of drug-likeness (QED) is 0.746. The van der Waals surface area contributed by atoms with E-state index in [0.717, 1.165) is 23.2 Å². The number of hydrogen-bond acceptors (Lipinski definition) is 2. The molecule has 0 radical (unpaired) electrons. The van der Waals surface area contributed by atoms with Gasteiger partial charge in [0, 0.05) is 35.0 Å². The van der Waals surface area contributed by atoms with Gasteiger partial charge in [-0.1, -0.05) is 28.1 Å². The lowest BCUT2D eigenvalue weighted by Gasteiger charge is -2.22. The molecule has 0 heterocycles. The van der Waals surface area contributed by atoms with Gasteiger partial charge in [-0.3, -0.25) is 0 Å². The van der Waals surface area contributed by atoms with Gasteiger partial charge >= 0.3 is 0 Å². The van der Waals surface area contributed by atoms with E-state index < -0.39 is 0 Å². The van der Waals surface area contributed by atoms with Gasteiger partial charge in [0.05, 0.1) is 0 Å². The molecule has 0 fully saturated rings. The minimum absolute atomic E-state index is 0.289. The first-order valence-electron chi connectivity index (χ1n) is 7.51. The zero-order chi connectivity index (χ0) is 15.2. The molecule has 2 nitrogen and oxygen atoms in total. The zero-order valence-corrected chi connectivity index (χ0v) is 14.5. The van der Waals surface area contributed by atoms with E-state index in [9.17, 15) is 0 Å². The topological polar surface area (TPSA) is 15.3 Å². The van der Waals surface area contributed by atoms with E-state index in [1.165, 1.54) is 11.3 Å². The van der Waals surface area contributed by atoms with Gasteiger partial charge in [-0.05, 0) is 62.7 Å². The molecule has 1 N–H and O–H groups in total. The van der Waals surface area contributed by atoms with Crippen LogP contribution in [0, 0.1) is 0 Å². The maximum absolute atomic E-state index is 3.55. The second-order valence-electron chi connectivity index (χ2n) is 5.14. The summed E-state index contributed by atoms with van der Waals surface area (Å²) in [5, 5.41) is 3.55. The Morgan fingerprint density at radius 1 is 0.952 bits per heavy atom. The maximum atomic E-state index is 3.55. The molecule has 0 saturated heterocycles. The molecule has 0 amide bonds. The normalized spacial score (nSPS) is 12.0. The summed E-state index contributed by atoms with van der Waals surface area (Å²) in [4.78, 5) is 2.35. The van der Waals surface area contributed by atoms with Gasteiger partial charge in [0.15, 0.2) is 0 Å². The number of rotatable bonds is 6. The van der Waals surface area contributed by atoms with Crippen molar-refractivity contribution in [1.29, 1.82) is 0 Å². The van der Waals surface area contributed by atoms with Crippen LogP contribution in [-0.2, 0) is 0 Å². The Labute approximate surface area is 136 Å². The predicted octanol–water partition coefficient (Wildman–Crippen LogP) is 5.47. The average Bonchev–Trinajstić information content (AvgIpc) is 2.51. The molecule has 0 aromatic heterocycles. The fraction of sp³-hybridized carbons (Fsp3) is 0.333. The zero-order valence-electron chi connectivity index (χ0n) is 12.9. The molecule has 112 valence electrons. The van der Waals surface area contributed by atoms with Crippen LogP contribution < -0.4 is 10.2 Å². The largest absolute Gasteiger partial charge is 0.379 e. The van der Waals surface area contributed by atoms with Crippen LogP contribution in [0.2, 0.25) is 0 Å². The monoisotopic (exact) mass is 346 g/mol. The third-order valence-electron chi connectivity index (χ3n) is 3.75. The second kappa shape index (κ2) is 7.51. The Morgan fingerprint density at radius 2 is 1.52 bits per heavy atom. The lowest BCUT2D eigenvalue weighted by Crippen LogP contribution is -2.21. The average molecular weight is 347 g/mol. The predicted molar refractivity (Wildman–Crippen MR) is 96.2 cm³/mol. The van der Waals surface area contributed by atoms with Gasteiger partial charge in [0.2, 0.25) is 0 Å². The molecule has 0 aliphatic heterocycles. The highest BCUT2D eigenvalue weighted by Crippen LogP contribution is 2.23. The molecule has 0 aliphatic carbocycles. The summed E-state index contributed by atoms with van der Waals surface area (Å²) in [6.07, 6.45) is 0. The molecule has 0 spiro atoms. The third-order valence-corrected chi connectivity index (χ3v) is 4.28. The van der Waals surface area contributed by atoms with E-state index in [4.69, 9.17) is 0 Å². The van der Waals surface area contributed by atoms with Gasteiger partial charge in [-0.2, -0.15) is 0 Å². The van der Waals surface area contributed by atoms with Crippen molar-refractivity contribution in [2.75, 3.05) is 23.3 Å². The Balaban J connectivity index is 2.04. The standard InChI is InChI=1S/C18H23BrN2/c1-4-21(5-2)18-12-10-17(11-13-18)20-14(3)15-6-8-16(19)9-7-15/h6-14,20H,4-5H2,1-3H3. The van der Waals surface area contributed by atoms with Gasteiger partial charge in [0.25, 0.3) is 0 Å². The minimum Gasteiger partial charge on any atom is -0.379 e. The summed E-state index contributed by atoms with van der Waals surface area (Å²) in [5.74, 6) is 0. The smallest absolute Gasteiger partial charge is 0.0485 e. The van der Waals surface area contributed by atoms with Crippen molar-refractivity contribution in [1.82, 2.24) is 0 Å². The van der Waals surface area contributed by atoms with Crippen LogP contribution in [0.25, 0.3) is 0 Å². The highest BCUT2D eigenvalue weighted by Gasteiger charge is 2.06. The van der Waals surface area contributed by atoms with E-state index in [0.29, 0.717) is 0 Å². The lowest BCUT2D eigenvalue weighted by atomic mass is 10.1. The molecular weight excluding hydrogens is 324 g/mol. The molecule has 0 saturated carbocycles.